The van der Waals surface area contributed by atoms with Gasteiger partial charge < -0.3 is 15.4 Å². The molecule has 1 aromatic heterocycles. The number of piperidine rings is 1. The van der Waals surface area contributed by atoms with E-state index < -0.39 is 17.9 Å². The molecule has 3 rings (SSSR count). The number of rotatable bonds is 1. The summed E-state index contributed by atoms with van der Waals surface area (Å²) in [6.07, 6.45) is 0.584. The molecule has 2 N–H and O–H groups in total. The average molecular weight is 360 g/mol. The van der Waals surface area contributed by atoms with Crippen molar-refractivity contribution in [1.29, 1.82) is 0 Å². The molecule has 1 aliphatic heterocycles. The summed E-state index contributed by atoms with van der Waals surface area (Å²) in [4.78, 5) is 21.9. The lowest BCUT2D eigenvalue weighted by atomic mass is 9.85. The second-order valence-electron chi connectivity index (χ2n) is 7.83. The first-order valence-electron chi connectivity index (χ1n) is 8.79. The highest BCUT2D eigenvalue weighted by Gasteiger charge is 2.35. The maximum Gasteiger partial charge on any atom is 0.410 e. The second-order valence-corrected chi connectivity index (χ2v) is 7.83. The lowest BCUT2D eigenvalue weighted by molar-refractivity contribution is 0.0111. The molecule has 2 unspecified atom stereocenters. The minimum absolute atomic E-state index is 0.0307. The Morgan fingerprint density at radius 3 is 2.77 bits per heavy atom. The molecule has 26 heavy (non-hydrogen) atoms. The fourth-order valence-electron chi connectivity index (χ4n) is 3.37. The number of likely N-dealkylation sites (tertiary alicyclic amines) is 1. The summed E-state index contributed by atoms with van der Waals surface area (Å²) < 4.78 is 20.3. The van der Waals surface area contributed by atoms with Gasteiger partial charge in [0.05, 0.1) is 12.1 Å². The third-order valence-corrected chi connectivity index (χ3v) is 4.58. The largest absolute Gasteiger partial charge is 0.444 e. The SMILES string of the molecule is Cc1cc2cnc(N)nc2cc1C1CCN(C(=O)OC(C)(C)C)CC1F. The molecule has 7 heteroatoms. The van der Waals surface area contributed by atoms with Gasteiger partial charge in [0.25, 0.3) is 0 Å². The van der Waals surface area contributed by atoms with E-state index in [0.717, 1.165) is 16.5 Å². The van der Waals surface area contributed by atoms with Crippen molar-refractivity contribution in [2.24, 2.45) is 0 Å². The van der Waals surface area contributed by atoms with Crippen molar-refractivity contribution < 1.29 is 13.9 Å². The molecule has 2 atom stereocenters. The number of hydrogen-bond donors (Lipinski definition) is 1. The molecule has 1 aliphatic rings. The third kappa shape index (κ3) is 3.86. The molecule has 0 radical (unpaired) electrons. The number of halogens is 1. The van der Waals surface area contributed by atoms with Gasteiger partial charge in [-0.05, 0) is 57.4 Å². The Bertz CT molecular complexity index is 834. The van der Waals surface area contributed by atoms with Crippen LogP contribution >= 0.6 is 0 Å². The Hall–Kier alpha value is -2.44. The standard InChI is InChI=1S/C19H25FN4O2/c1-11-7-12-9-22-17(21)23-16(12)8-14(11)13-5-6-24(10-15(13)20)18(25)26-19(2,3)4/h7-9,13,15H,5-6,10H2,1-4H3,(H2,21,22,23). The van der Waals surface area contributed by atoms with Crippen LogP contribution in [-0.2, 0) is 4.74 Å². The van der Waals surface area contributed by atoms with Crippen LogP contribution in [0.3, 0.4) is 0 Å². The number of aromatic nitrogens is 2. The molecule has 1 saturated heterocycles. The number of benzene rings is 1. The normalized spacial score (nSPS) is 21.0. The summed E-state index contributed by atoms with van der Waals surface area (Å²) in [7, 11) is 0. The molecule has 0 bridgehead atoms. The Kier molecular flexibility index (Phi) is 4.73. The summed E-state index contributed by atoms with van der Waals surface area (Å²) in [5.74, 6) is -0.0851. The zero-order chi connectivity index (χ0) is 19.1. The summed E-state index contributed by atoms with van der Waals surface area (Å²) in [6.45, 7) is 7.86. The molecule has 0 saturated carbocycles. The van der Waals surface area contributed by atoms with Crippen LogP contribution in [0.15, 0.2) is 18.3 Å². The molecule has 6 nitrogen and oxygen atoms in total. The van der Waals surface area contributed by atoms with Gasteiger partial charge in [0.1, 0.15) is 11.8 Å². The van der Waals surface area contributed by atoms with Crippen LogP contribution < -0.4 is 5.73 Å². The van der Waals surface area contributed by atoms with Gasteiger partial charge in [-0.25, -0.2) is 19.2 Å². The number of carbonyl (C=O) groups excluding carboxylic acids is 1. The molecule has 140 valence electrons. The first-order valence-corrected chi connectivity index (χ1v) is 8.79. The number of ether oxygens (including phenoxy) is 1. The van der Waals surface area contributed by atoms with Gasteiger partial charge >= 0.3 is 6.09 Å². The number of fused-ring (bicyclic) bond motifs is 1. The van der Waals surface area contributed by atoms with Gasteiger partial charge in [0.2, 0.25) is 5.95 Å². The Morgan fingerprint density at radius 2 is 2.12 bits per heavy atom. The molecule has 2 aromatic rings. The van der Waals surface area contributed by atoms with Crippen LogP contribution in [0.2, 0.25) is 0 Å². The highest BCUT2D eigenvalue weighted by molar-refractivity contribution is 5.80. The van der Waals surface area contributed by atoms with Crippen LogP contribution in [0.1, 0.15) is 44.2 Å². The van der Waals surface area contributed by atoms with Crippen LogP contribution in [0, 0.1) is 6.92 Å². The lowest BCUT2D eigenvalue weighted by Gasteiger charge is -2.36. The minimum atomic E-state index is -1.16. The molecule has 0 aliphatic carbocycles. The highest BCUT2D eigenvalue weighted by Crippen LogP contribution is 2.34. The highest BCUT2D eigenvalue weighted by atomic mass is 19.1. The van der Waals surface area contributed by atoms with Crippen molar-refractivity contribution in [3.8, 4) is 0 Å². The number of nitrogens with two attached hydrogens (primary N) is 1. The minimum Gasteiger partial charge on any atom is -0.444 e. The van der Waals surface area contributed by atoms with Gasteiger partial charge in [-0.15, -0.1) is 0 Å². The zero-order valence-electron chi connectivity index (χ0n) is 15.6. The van der Waals surface area contributed by atoms with E-state index in [9.17, 15) is 9.18 Å². The van der Waals surface area contributed by atoms with Crippen molar-refractivity contribution in [2.45, 2.75) is 51.8 Å². The molecule has 1 aromatic carbocycles. The van der Waals surface area contributed by atoms with Crippen molar-refractivity contribution in [3.05, 3.63) is 29.5 Å². The predicted molar refractivity (Wildman–Crippen MR) is 98.7 cm³/mol. The molecular weight excluding hydrogens is 335 g/mol. The predicted octanol–water partition coefficient (Wildman–Crippen LogP) is 3.58. The molecule has 1 fully saturated rings. The second kappa shape index (κ2) is 6.70. The summed E-state index contributed by atoms with van der Waals surface area (Å²) in [5.41, 5.74) is 7.68. The maximum absolute atomic E-state index is 14.9. The summed E-state index contributed by atoms with van der Waals surface area (Å²) in [6, 6.07) is 3.85. The number of aryl methyl sites for hydroxylation is 1. The number of hydrogen-bond acceptors (Lipinski definition) is 5. The van der Waals surface area contributed by atoms with E-state index in [4.69, 9.17) is 10.5 Å². The molecule has 0 spiro atoms. The van der Waals surface area contributed by atoms with Gasteiger partial charge in [0, 0.05) is 24.0 Å². The number of carbonyl (C=O) groups is 1. The van der Waals surface area contributed by atoms with Crippen molar-refractivity contribution in [2.75, 3.05) is 18.8 Å². The monoisotopic (exact) mass is 360 g/mol. The molecule has 1 amide bonds. The fraction of sp³-hybridized carbons (Fsp3) is 0.526. The van der Waals surface area contributed by atoms with Crippen molar-refractivity contribution >= 4 is 22.9 Å². The number of anilines is 1. The Morgan fingerprint density at radius 1 is 1.38 bits per heavy atom. The molecule has 2 heterocycles. The summed E-state index contributed by atoms with van der Waals surface area (Å²) in [5, 5.41) is 0.877. The lowest BCUT2D eigenvalue weighted by Crippen LogP contribution is -2.46. The van der Waals surface area contributed by atoms with E-state index in [-0.39, 0.29) is 18.4 Å². The number of alkyl halides is 1. The smallest absolute Gasteiger partial charge is 0.410 e. The van der Waals surface area contributed by atoms with Crippen molar-refractivity contribution in [3.63, 3.8) is 0 Å². The number of amides is 1. The van der Waals surface area contributed by atoms with E-state index in [2.05, 4.69) is 9.97 Å². The first-order chi connectivity index (χ1) is 12.1. The van der Waals surface area contributed by atoms with Crippen molar-refractivity contribution in [1.82, 2.24) is 14.9 Å². The van der Waals surface area contributed by atoms with Crippen LogP contribution in [0.5, 0.6) is 0 Å². The zero-order valence-corrected chi connectivity index (χ0v) is 15.6. The van der Waals surface area contributed by atoms with Gasteiger partial charge in [0.15, 0.2) is 0 Å². The van der Waals surface area contributed by atoms with Gasteiger partial charge in [-0.3, -0.25) is 0 Å². The number of nitrogens with zero attached hydrogens (tertiary/aromatic N) is 3. The van der Waals surface area contributed by atoms with E-state index in [1.165, 1.54) is 4.90 Å². The van der Waals surface area contributed by atoms with E-state index in [1.807, 2.05) is 19.1 Å². The van der Waals surface area contributed by atoms with E-state index >= 15 is 0 Å². The topological polar surface area (TPSA) is 81.3 Å². The number of nitrogen functional groups attached to an aromatic ring is 1. The van der Waals surface area contributed by atoms with E-state index in [1.54, 1.807) is 27.0 Å². The van der Waals surface area contributed by atoms with Gasteiger partial charge in [-0.2, -0.15) is 0 Å². The fourth-order valence-corrected chi connectivity index (χ4v) is 3.37. The first kappa shape index (κ1) is 18.4. The Balaban J connectivity index is 1.80. The quantitative estimate of drug-likeness (QED) is 0.840. The maximum atomic E-state index is 14.9. The average Bonchev–Trinajstić information content (AvgIpc) is 2.53. The summed E-state index contributed by atoms with van der Waals surface area (Å²) >= 11 is 0. The molecular formula is C19H25FN4O2. The Labute approximate surface area is 152 Å². The third-order valence-electron chi connectivity index (χ3n) is 4.58. The van der Waals surface area contributed by atoms with Crippen LogP contribution in [0.25, 0.3) is 10.9 Å². The van der Waals surface area contributed by atoms with E-state index in [0.29, 0.717) is 18.5 Å². The van der Waals surface area contributed by atoms with Crippen LogP contribution in [0.4, 0.5) is 15.1 Å². The van der Waals surface area contributed by atoms with Crippen LogP contribution in [-0.4, -0.2) is 45.8 Å². The van der Waals surface area contributed by atoms with Gasteiger partial charge in [-0.1, -0.05) is 0 Å².